The number of phenolic OH excluding ortho intramolecular Hbond substituents is 1. The molecule has 6 nitrogen and oxygen atoms in total. The van der Waals surface area contributed by atoms with E-state index in [4.69, 9.17) is 4.74 Å². The third kappa shape index (κ3) is 5.51. The molecule has 0 bridgehead atoms. The lowest BCUT2D eigenvalue weighted by Crippen LogP contribution is -2.13. The van der Waals surface area contributed by atoms with E-state index in [1.807, 2.05) is 24.3 Å². The summed E-state index contributed by atoms with van der Waals surface area (Å²) in [4.78, 5) is 23.4. The van der Waals surface area contributed by atoms with E-state index in [9.17, 15) is 14.7 Å². The van der Waals surface area contributed by atoms with E-state index < -0.39 is 5.97 Å². The van der Waals surface area contributed by atoms with Crippen molar-refractivity contribution >= 4 is 17.6 Å². The number of nitrogens with one attached hydrogen (secondary N) is 1. The number of rotatable bonds is 8. The second-order valence-corrected chi connectivity index (χ2v) is 5.72. The Labute approximate surface area is 152 Å². The van der Waals surface area contributed by atoms with Crippen molar-refractivity contribution in [2.45, 2.75) is 26.2 Å². The number of ether oxygens (including phenoxy) is 2. The maximum Gasteiger partial charge on any atom is 0.337 e. The normalized spacial score (nSPS) is 10.2. The molecule has 0 fully saturated rings. The summed E-state index contributed by atoms with van der Waals surface area (Å²) in [5, 5.41) is 12.5. The zero-order valence-corrected chi connectivity index (χ0v) is 15.0. The highest BCUT2D eigenvalue weighted by Crippen LogP contribution is 2.25. The molecule has 2 aromatic rings. The molecule has 2 N–H and O–H groups in total. The third-order valence-electron chi connectivity index (χ3n) is 3.84. The quantitative estimate of drug-likeness (QED) is 0.429. The van der Waals surface area contributed by atoms with E-state index >= 15 is 0 Å². The van der Waals surface area contributed by atoms with Crippen LogP contribution in [-0.4, -0.2) is 30.7 Å². The van der Waals surface area contributed by atoms with Gasteiger partial charge in [0.05, 0.1) is 25.0 Å². The monoisotopic (exact) mass is 357 g/mol. The molecule has 26 heavy (non-hydrogen) atoms. The standard InChI is InChI=1S/C20H23NO5/c1-3-14-6-9-16(10-7-14)26-12-4-5-19(23)21-17-11-8-15(13-18(17)22)20(24)25-2/h6-11,13,22H,3-5,12H2,1-2H3,(H,21,23). The first-order valence-electron chi connectivity index (χ1n) is 8.46. The Balaban J connectivity index is 1.77. The molecule has 0 heterocycles. The Morgan fingerprint density at radius 1 is 1.12 bits per heavy atom. The molecule has 0 atom stereocenters. The van der Waals surface area contributed by atoms with Crippen molar-refractivity contribution in [1.29, 1.82) is 0 Å². The van der Waals surface area contributed by atoms with Gasteiger partial charge in [0.1, 0.15) is 11.5 Å². The minimum Gasteiger partial charge on any atom is -0.506 e. The van der Waals surface area contributed by atoms with Crippen LogP contribution in [0, 0.1) is 0 Å². The van der Waals surface area contributed by atoms with Crippen molar-refractivity contribution in [2.24, 2.45) is 0 Å². The number of aromatic hydroxyl groups is 1. The summed E-state index contributed by atoms with van der Waals surface area (Å²) in [5.41, 5.74) is 1.71. The SMILES string of the molecule is CCc1ccc(OCCCC(=O)Nc2ccc(C(=O)OC)cc2O)cc1. The number of phenols is 1. The summed E-state index contributed by atoms with van der Waals surface area (Å²) in [5.74, 6) is -0.203. The number of carbonyl (C=O) groups excluding carboxylic acids is 2. The largest absolute Gasteiger partial charge is 0.506 e. The second-order valence-electron chi connectivity index (χ2n) is 5.72. The third-order valence-corrected chi connectivity index (χ3v) is 3.84. The van der Waals surface area contributed by atoms with Gasteiger partial charge in [0, 0.05) is 6.42 Å². The average Bonchev–Trinajstić information content (AvgIpc) is 2.66. The number of esters is 1. The van der Waals surface area contributed by atoms with Crippen molar-refractivity contribution in [1.82, 2.24) is 0 Å². The van der Waals surface area contributed by atoms with Gasteiger partial charge < -0.3 is 19.9 Å². The Morgan fingerprint density at radius 2 is 1.85 bits per heavy atom. The smallest absolute Gasteiger partial charge is 0.337 e. The minimum atomic E-state index is -0.553. The molecule has 0 saturated heterocycles. The van der Waals surface area contributed by atoms with Gasteiger partial charge in [-0.25, -0.2) is 4.79 Å². The highest BCUT2D eigenvalue weighted by Gasteiger charge is 2.11. The summed E-state index contributed by atoms with van der Waals surface area (Å²) in [6.45, 7) is 2.52. The summed E-state index contributed by atoms with van der Waals surface area (Å²) in [7, 11) is 1.26. The molecule has 0 radical (unpaired) electrons. The Bertz CT molecular complexity index is 755. The first-order chi connectivity index (χ1) is 12.5. The van der Waals surface area contributed by atoms with Gasteiger partial charge in [-0.05, 0) is 48.7 Å². The number of hydrogen-bond donors (Lipinski definition) is 2. The molecule has 0 aliphatic carbocycles. The Morgan fingerprint density at radius 3 is 2.46 bits per heavy atom. The van der Waals surface area contributed by atoms with Crippen molar-refractivity contribution in [3.63, 3.8) is 0 Å². The van der Waals surface area contributed by atoms with Gasteiger partial charge in [-0.2, -0.15) is 0 Å². The molecule has 0 saturated carbocycles. The lowest BCUT2D eigenvalue weighted by atomic mass is 10.2. The molecule has 1 amide bonds. The van der Waals surface area contributed by atoms with Gasteiger partial charge in [-0.3, -0.25) is 4.79 Å². The molecule has 0 aromatic heterocycles. The number of hydrogen-bond acceptors (Lipinski definition) is 5. The molecule has 2 rings (SSSR count). The van der Waals surface area contributed by atoms with E-state index in [1.165, 1.54) is 30.9 Å². The second kappa shape index (κ2) is 9.46. The van der Waals surface area contributed by atoms with Crippen LogP contribution in [0.25, 0.3) is 0 Å². The maximum atomic E-state index is 12.0. The van der Waals surface area contributed by atoms with Crippen LogP contribution in [0.2, 0.25) is 0 Å². The Kier molecular flexibility index (Phi) is 7.02. The number of carbonyl (C=O) groups is 2. The molecule has 6 heteroatoms. The fourth-order valence-electron chi connectivity index (χ4n) is 2.34. The highest BCUT2D eigenvalue weighted by molar-refractivity contribution is 5.94. The predicted octanol–water partition coefficient (Wildman–Crippen LogP) is 3.54. The number of amides is 1. The molecule has 0 unspecified atom stereocenters. The zero-order chi connectivity index (χ0) is 18.9. The fourth-order valence-corrected chi connectivity index (χ4v) is 2.34. The lowest BCUT2D eigenvalue weighted by Gasteiger charge is -2.09. The van der Waals surface area contributed by atoms with Crippen molar-refractivity contribution in [3.8, 4) is 11.5 Å². The van der Waals surface area contributed by atoms with Crippen molar-refractivity contribution < 1.29 is 24.2 Å². The predicted molar refractivity (Wildman–Crippen MR) is 98.6 cm³/mol. The number of aryl methyl sites for hydroxylation is 1. The topological polar surface area (TPSA) is 84.9 Å². The Hall–Kier alpha value is -3.02. The van der Waals surface area contributed by atoms with Crippen molar-refractivity contribution in [2.75, 3.05) is 19.0 Å². The van der Waals surface area contributed by atoms with Crippen LogP contribution >= 0.6 is 0 Å². The zero-order valence-electron chi connectivity index (χ0n) is 15.0. The summed E-state index contributed by atoms with van der Waals surface area (Å²) >= 11 is 0. The molecule has 2 aromatic carbocycles. The molecular weight excluding hydrogens is 334 g/mol. The number of anilines is 1. The summed E-state index contributed by atoms with van der Waals surface area (Å²) in [6, 6.07) is 12.1. The van der Waals surface area contributed by atoms with Gasteiger partial charge in [-0.15, -0.1) is 0 Å². The minimum absolute atomic E-state index is 0.187. The van der Waals surface area contributed by atoms with Crippen LogP contribution in [0.15, 0.2) is 42.5 Å². The van der Waals surface area contributed by atoms with Crippen LogP contribution in [0.1, 0.15) is 35.7 Å². The van der Waals surface area contributed by atoms with Gasteiger partial charge >= 0.3 is 5.97 Å². The number of benzene rings is 2. The van der Waals surface area contributed by atoms with Gasteiger partial charge in [0.15, 0.2) is 0 Å². The molecular formula is C20H23NO5. The summed E-state index contributed by atoms with van der Waals surface area (Å²) in [6.07, 6.45) is 1.78. The van der Waals surface area contributed by atoms with Gasteiger partial charge in [0.2, 0.25) is 5.91 Å². The van der Waals surface area contributed by atoms with Crippen LogP contribution < -0.4 is 10.1 Å². The summed E-state index contributed by atoms with van der Waals surface area (Å²) < 4.78 is 10.2. The maximum absolute atomic E-state index is 12.0. The number of methoxy groups -OCH3 is 1. The van der Waals surface area contributed by atoms with Gasteiger partial charge in [-0.1, -0.05) is 19.1 Å². The average molecular weight is 357 g/mol. The van der Waals surface area contributed by atoms with E-state index in [-0.39, 0.29) is 29.3 Å². The van der Waals surface area contributed by atoms with Crippen molar-refractivity contribution in [3.05, 3.63) is 53.6 Å². The van der Waals surface area contributed by atoms with Gasteiger partial charge in [0.25, 0.3) is 0 Å². The van der Waals surface area contributed by atoms with Crippen LogP contribution in [0.3, 0.4) is 0 Å². The molecule has 0 aliphatic rings. The lowest BCUT2D eigenvalue weighted by molar-refractivity contribution is -0.116. The van der Waals surface area contributed by atoms with E-state index in [2.05, 4.69) is 17.0 Å². The van der Waals surface area contributed by atoms with E-state index in [0.29, 0.717) is 13.0 Å². The molecule has 0 spiro atoms. The first kappa shape index (κ1) is 19.3. The van der Waals surface area contributed by atoms with Crippen LogP contribution in [-0.2, 0) is 16.0 Å². The van der Waals surface area contributed by atoms with Crippen LogP contribution in [0.5, 0.6) is 11.5 Å². The highest BCUT2D eigenvalue weighted by atomic mass is 16.5. The molecule has 138 valence electrons. The van der Waals surface area contributed by atoms with E-state index in [0.717, 1.165) is 12.2 Å². The van der Waals surface area contributed by atoms with Crippen LogP contribution in [0.4, 0.5) is 5.69 Å². The van der Waals surface area contributed by atoms with E-state index in [1.54, 1.807) is 0 Å². The first-order valence-corrected chi connectivity index (χ1v) is 8.46. The fraction of sp³-hybridized carbons (Fsp3) is 0.300. The molecule has 0 aliphatic heterocycles.